The average molecular weight is 427 g/mol. The van der Waals surface area contributed by atoms with Crippen LogP contribution in [0.4, 0.5) is 4.39 Å². The molecule has 160 valence electrons. The Morgan fingerprint density at radius 3 is 1.69 bits per heavy atom. The normalized spacial score (nSPS) is 14.0. The lowest BCUT2D eigenvalue weighted by molar-refractivity contribution is 0.101. The Labute approximate surface area is 185 Å². The van der Waals surface area contributed by atoms with Crippen LogP contribution in [0.3, 0.4) is 0 Å². The lowest BCUT2D eigenvalue weighted by atomic mass is 9.77. The second-order valence-corrected chi connectivity index (χ2v) is 7.48. The third-order valence-corrected chi connectivity index (χ3v) is 5.40. The van der Waals surface area contributed by atoms with Crippen molar-refractivity contribution in [1.82, 2.24) is 4.90 Å². The number of hydrogen-bond donors (Lipinski definition) is 1. The smallest absolute Gasteiger partial charge is 0.191 e. The third-order valence-electron chi connectivity index (χ3n) is 5.40. The average Bonchev–Trinajstić information content (AvgIpc) is 2.84. The molecule has 4 rings (SSSR count). The fourth-order valence-corrected chi connectivity index (χ4v) is 3.89. The summed E-state index contributed by atoms with van der Waals surface area (Å²) in [5.74, 6) is -1.97. The van der Waals surface area contributed by atoms with E-state index in [-0.39, 0.29) is 41.4 Å². The molecule has 0 fully saturated rings. The van der Waals surface area contributed by atoms with Gasteiger partial charge in [0, 0.05) is 52.7 Å². The van der Waals surface area contributed by atoms with Gasteiger partial charge in [-0.05, 0) is 6.07 Å². The molecule has 4 nitrogen and oxygen atoms in total. The highest BCUT2D eigenvalue weighted by Gasteiger charge is 2.35. The van der Waals surface area contributed by atoms with Gasteiger partial charge in [0.05, 0.1) is 6.61 Å². The van der Waals surface area contributed by atoms with E-state index in [2.05, 4.69) is 0 Å². The summed E-state index contributed by atoms with van der Waals surface area (Å²) in [5, 5.41) is 9.50. The molecular formula is C27H22FNO3. The van der Waals surface area contributed by atoms with Crippen molar-refractivity contribution < 1.29 is 19.1 Å². The highest BCUT2D eigenvalue weighted by atomic mass is 19.1. The van der Waals surface area contributed by atoms with Gasteiger partial charge >= 0.3 is 0 Å². The molecule has 0 unspecified atom stereocenters. The van der Waals surface area contributed by atoms with Crippen LogP contribution in [0.25, 0.3) is 0 Å². The molecule has 0 saturated heterocycles. The minimum absolute atomic E-state index is 0.170. The highest BCUT2D eigenvalue weighted by Crippen LogP contribution is 2.39. The molecule has 0 radical (unpaired) electrons. The van der Waals surface area contributed by atoms with Gasteiger partial charge in [0.15, 0.2) is 11.6 Å². The van der Waals surface area contributed by atoms with Crippen molar-refractivity contribution in [2.75, 3.05) is 13.2 Å². The van der Waals surface area contributed by atoms with Crippen LogP contribution in [-0.4, -0.2) is 34.7 Å². The van der Waals surface area contributed by atoms with Gasteiger partial charge in [0.1, 0.15) is 5.82 Å². The summed E-state index contributed by atoms with van der Waals surface area (Å²) in [7, 11) is 0. The van der Waals surface area contributed by atoms with Gasteiger partial charge in [0.2, 0.25) is 0 Å². The number of hydrogen-bond acceptors (Lipinski definition) is 4. The van der Waals surface area contributed by atoms with Crippen molar-refractivity contribution >= 4 is 11.6 Å². The van der Waals surface area contributed by atoms with Gasteiger partial charge in [-0.3, -0.25) is 9.59 Å². The Hall–Kier alpha value is -3.83. The van der Waals surface area contributed by atoms with Gasteiger partial charge in [-0.15, -0.1) is 0 Å². The van der Waals surface area contributed by atoms with E-state index in [0.717, 1.165) is 0 Å². The molecule has 0 saturated carbocycles. The van der Waals surface area contributed by atoms with E-state index in [1.807, 2.05) is 12.1 Å². The minimum Gasteiger partial charge on any atom is -0.395 e. The van der Waals surface area contributed by atoms with Crippen LogP contribution in [0.5, 0.6) is 0 Å². The number of nitrogens with zero attached hydrogens (tertiary/aromatic N) is 1. The van der Waals surface area contributed by atoms with E-state index in [0.29, 0.717) is 11.1 Å². The minimum atomic E-state index is -0.883. The predicted octanol–water partition coefficient (Wildman–Crippen LogP) is 4.75. The van der Waals surface area contributed by atoms with Gasteiger partial charge in [-0.1, -0.05) is 78.9 Å². The number of aliphatic hydroxyl groups excluding tert-OH is 1. The summed E-state index contributed by atoms with van der Waals surface area (Å²) in [4.78, 5) is 28.7. The fraction of sp³-hybridized carbons (Fsp3) is 0.111. The standard InChI is InChI=1S/C27H22FNO3/c28-24-14-8-7-13-21(24)25-22(26(31)19-9-3-1-4-10-19)17-29(15-16-30)18-23(25)27(32)20-11-5-2-6-12-20/h1-14,17-18,25,30H,15-16H2. The lowest BCUT2D eigenvalue weighted by Gasteiger charge is -2.31. The second-order valence-electron chi connectivity index (χ2n) is 7.48. The molecule has 0 bridgehead atoms. The van der Waals surface area contributed by atoms with Crippen molar-refractivity contribution in [3.05, 3.63) is 131 Å². The van der Waals surface area contributed by atoms with E-state index < -0.39 is 11.7 Å². The van der Waals surface area contributed by atoms with Crippen molar-refractivity contribution in [1.29, 1.82) is 0 Å². The summed E-state index contributed by atoms with van der Waals surface area (Å²) in [6.45, 7) is 0.0259. The zero-order chi connectivity index (χ0) is 22.5. The van der Waals surface area contributed by atoms with E-state index >= 15 is 0 Å². The quantitative estimate of drug-likeness (QED) is 0.553. The topological polar surface area (TPSA) is 57.6 Å². The van der Waals surface area contributed by atoms with Crippen LogP contribution in [0.15, 0.2) is 108 Å². The lowest BCUT2D eigenvalue weighted by Crippen LogP contribution is -2.29. The highest BCUT2D eigenvalue weighted by molar-refractivity contribution is 6.15. The molecule has 3 aromatic rings. The summed E-state index contributed by atoms with van der Waals surface area (Å²) in [6, 6.07) is 23.6. The van der Waals surface area contributed by atoms with Crippen molar-refractivity contribution in [3.8, 4) is 0 Å². The number of rotatable bonds is 7. The van der Waals surface area contributed by atoms with Gasteiger partial charge in [-0.2, -0.15) is 0 Å². The first kappa shape index (κ1) is 21.4. The summed E-state index contributed by atoms with van der Waals surface area (Å²) >= 11 is 0. The number of carbonyl (C=O) groups excluding carboxylic acids is 2. The van der Waals surface area contributed by atoms with Crippen molar-refractivity contribution in [2.24, 2.45) is 0 Å². The van der Waals surface area contributed by atoms with Crippen LogP contribution in [0, 0.1) is 5.82 Å². The molecule has 3 aromatic carbocycles. The largest absolute Gasteiger partial charge is 0.395 e. The molecule has 1 aliphatic heterocycles. The first-order valence-electron chi connectivity index (χ1n) is 10.3. The van der Waals surface area contributed by atoms with Gasteiger partial charge < -0.3 is 10.0 Å². The van der Waals surface area contributed by atoms with Crippen molar-refractivity contribution in [2.45, 2.75) is 5.92 Å². The molecule has 1 N–H and O–H groups in total. The SMILES string of the molecule is O=C(C1=CN(CCO)C=C(C(=O)c2ccccc2)C1c1ccccc1F)c1ccccc1. The molecule has 0 aliphatic carbocycles. The fourth-order valence-electron chi connectivity index (χ4n) is 3.89. The van der Waals surface area contributed by atoms with Crippen molar-refractivity contribution in [3.63, 3.8) is 0 Å². The summed E-state index contributed by atoms with van der Waals surface area (Å²) < 4.78 is 15.0. The molecule has 0 spiro atoms. The monoisotopic (exact) mass is 427 g/mol. The first-order chi connectivity index (χ1) is 15.6. The summed E-state index contributed by atoms with van der Waals surface area (Å²) in [6.07, 6.45) is 3.20. The molecule has 0 amide bonds. The van der Waals surface area contributed by atoms with E-state index in [1.54, 1.807) is 84.0 Å². The zero-order valence-electron chi connectivity index (χ0n) is 17.3. The number of carbonyl (C=O) groups is 2. The summed E-state index contributed by atoms with van der Waals surface area (Å²) in [5.41, 5.74) is 1.69. The number of aliphatic hydroxyl groups is 1. The Balaban J connectivity index is 1.89. The Morgan fingerprint density at radius 2 is 1.22 bits per heavy atom. The van der Waals surface area contributed by atoms with Crippen LogP contribution >= 0.6 is 0 Å². The Kier molecular flexibility index (Phi) is 6.38. The van der Waals surface area contributed by atoms with E-state index in [4.69, 9.17) is 0 Å². The predicted molar refractivity (Wildman–Crippen MR) is 121 cm³/mol. The maximum Gasteiger partial charge on any atom is 0.191 e. The van der Waals surface area contributed by atoms with Crippen LogP contribution in [0.1, 0.15) is 32.2 Å². The molecule has 32 heavy (non-hydrogen) atoms. The number of allylic oxidation sites excluding steroid dienone is 2. The molecule has 0 aromatic heterocycles. The van der Waals surface area contributed by atoms with Gasteiger partial charge in [-0.25, -0.2) is 4.39 Å². The Bertz CT molecular complexity index is 1120. The van der Waals surface area contributed by atoms with Crippen LogP contribution < -0.4 is 0 Å². The Morgan fingerprint density at radius 1 is 0.750 bits per heavy atom. The van der Waals surface area contributed by atoms with Crippen LogP contribution in [0.2, 0.25) is 0 Å². The number of Topliss-reactive ketones (excluding diaryl/α,β-unsaturated/α-hetero) is 2. The molecule has 1 heterocycles. The van der Waals surface area contributed by atoms with E-state index in [9.17, 15) is 19.1 Å². The second kappa shape index (κ2) is 9.54. The van der Waals surface area contributed by atoms with E-state index in [1.165, 1.54) is 6.07 Å². The number of benzene rings is 3. The van der Waals surface area contributed by atoms with Gasteiger partial charge in [0.25, 0.3) is 0 Å². The molecule has 0 atom stereocenters. The maximum absolute atomic E-state index is 15.0. The number of ketones is 2. The third kappa shape index (κ3) is 4.29. The molecule has 1 aliphatic rings. The first-order valence-corrected chi connectivity index (χ1v) is 10.3. The molecule has 5 heteroatoms. The number of β-amino-alcohol motifs (C(OH)–C–C–N with tert-alkyl or cyclic N) is 1. The molecular weight excluding hydrogens is 405 g/mol. The zero-order valence-corrected chi connectivity index (χ0v) is 17.3. The number of halogens is 1. The van der Waals surface area contributed by atoms with Crippen LogP contribution in [-0.2, 0) is 0 Å². The maximum atomic E-state index is 15.0.